The molecule has 3 aromatic rings. The highest BCUT2D eigenvalue weighted by molar-refractivity contribution is 6.30. The van der Waals surface area contributed by atoms with Gasteiger partial charge in [-0.25, -0.2) is 0 Å². The lowest BCUT2D eigenvalue weighted by molar-refractivity contribution is -0.138. The van der Waals surface area contributed by atoms with E-state index in [4.69, 9.17) is 23.2 Å². The average Bonchev–Trinajstić information content (AvgIpc) is 3.00. The molecule has 222 valence electrons. The number of hydrogen-bond acceptors (Lipinski definition) is 5. The summed E-state index contributed by atoms with van der Waals surface area (Å²) in [4.78, 5) is 34.0. The van der Waals surface area contributed by atoms with Gasteiger partial charge in [-0.1, -0.05) is 71.7 Å². The molecule has 42 heavy (non-hydrogen) atoms. The van der Waals surface area contributed by atoms with E-state index >= 15 is 0 Å². The Kier molecular flexibility index (Phi) is 10.2. The van der Waals surface area contributed by atoms with Crippen molar-refractivity contribution in [2.75, 3.05) is 46.8 Å². The van der Waals surface area contributed by atoms with Gasteiger partial charge in [0.05, 0.1) is 6.04 Å². The fourth-order valence-electron chi connectivity index (χ4n) is 5.91. The molecule has 0 aromatic heterocycles. The molecule has 3 atom stereocenters. The number of likely N-dealkylation sites (N-methyl/N-ethyl adjacent to an activating group) is 1. The van der Waals surface area contributed by atoms with Crippen molar-refractivity contribution < 1.29 is 9.59 Å². The van der Waals surface area contributed by atoms with E-state index in [0.717, 1.165) is 30.2 Å². The Balaban J connectivity index is 1.27. The third kappa shape index (κ3) is 7.71. The highest BCUT2D eigenvalue weighted by Gasteiger charge is 2.33. The standard InChI is InChI=1S/C33H39Cl2N5O2/c1-38(2)22-31(24-9-13-28(35)14-10-24)39-15-17-40(18-16-39)33(42)30(19-23-7-11-27(34)12-8-23)37-32(41)29-20-25-5-3-4-6-26(25)21-36-29/h3-14,29-31,36H,15-22H2,1-2H3,(H,37,41)/t29?,30-,31?/m1/s1. The van der Waals surface area contributed by atoms with Crippen molar-refractivity contribution in [3.63, 3.8) is 0 Å². The SMILES string of the molecule is CN(C)CC(c1ccc(Cl)cc1)N1CCN(C(=O)[C@@H](Cc2ccc(Cl)cc2)NC(=O)C2Cc3ccccc3CN2)CC1. The first-order valence-corrected chi connectivity index (χ1v) is 15.3. The third-order valence-electron chi connectivity index (χ3n) is 8.23. The van der Waals surface area contributed by atoms with Crippen molar-refractivity contribution in [1.29, 1.82) is 0 Å². The topological polar surface area (TPSA) is 67.9 Å². The molecule has 2 aliphatic rings. The van der Waals surface area contributed by atoms with Crippen LogP contribution in [0, 0.1) is 0 Å². The number of piperazine rings is 1. The lowest BCUT2D eigenvalue weighted by Crippen LogP contribution is -2.58. The van der Waals surface area contributed by atoms with Gasteiger partial charge in [-0.3, -0.25) is 14.5 Å². The number of halogens is 2. The van der Waals surface area contributed by atoms with Crippen molar-refractivity contribution >= 4 is 35.0 Å². The fourth-order valence-corrected chi connectivity index (χ4v) is 6.16. The van der Waals surface area contributed by atoms with Crippen LogP contribution in [-0.4, -0.2) is 85.4 Å². The summed E-state index contributed by atoms with van der Waals surface area (Å²) in [7, 11) is 4.15. The van der Waals surface area contributed by atoms with Gasteiger partial charge in [-0.15, -0.1) is 0 Å². The highest BCUT2D eigenvalue weighted by Crippen LogP contribution is 2.25. The van der Waals surface area contributed by atoms with Crippen molar-refractivity contribution in [3.8, 4) is 0 Å². The summed E-state index contributed by atoms with van der Waals surface area (Å²) < 4.78 is 0. The molecule has 5 rings (SSSR count). The Morgan fingerprint density at radius 1 is 0.905 bits per heavy atom. The highest BCUT2D eigenvalue weighted by atomic mass is 35.5. The molecular formula is C33H39Cl2N5O2. The fraction of sp³-hybridized carbons (Fsp3) is 0.394. The Morgan fingerprint density at radius 3 is 2.17 bits per heavy atom. The Morgan fingerprint density at radius 2 is 1.52 bits per heavy atom. The van der Waals surface area contributed by atoms with Crippen molar-refractivity contribution in [3.05, 3.63) is 105 Å². The monoisotopic (exact) mass is 607 g/mol. The lowest BCUT2D eigenvalue weighted by atomic mass is 9.95. The van der Waals surface area contributed by atoms with E-state index in [1.165, 1.54) is 16.7 Å². The van der Waals surface area contributed by atoms with Crippen LogP contribution in [0.3, 0.4) is 0 Å². The average molecular weight is 609 g/mol. The molecule has 1 fully saturated rings. The molecule has 2 aliphatic heterocycles. The Labute approximate surface area is 258 Å². The van der Waals surface area contributed by atoms with Crippen LogP contribution in [0.2, 0.25) is 10.0 Å². The van der Waals surface area contributed by atoms with E-state index in [1.54, 1.807) is 0 Å². The number of benzene rings is 3. The summed E-state index contributed by atoms with van der Waals surface area (Å²) in [5.41, 5.74) is 4.54. The van der Waals surface area contributed by atoms with Gasteiger partial charge < -0.3 is 20.4 Å². The second kappa shape index (κ2) is 14.0. The summed E-state index contributed by atoms with van der Waals surface area (Å²) in [6.07, 6.45) is 1.000. The van der Waals surface area contributed by atoms with Gasteiger partial charge in [0.25, 0.3) is 0 Å². The molecule has 7 nitrogen and oxygen atoms in total. The molecule has 0 saturated carbocycles. The predicted octanol–water partition coefficient (Wildman–Crippen LogP) is 4.18. The second-order valence-corrected chi connectivity index (χ2v) is 12.4. The van der Waals surface area contributed by atoms with E-state index < -0.39 is 6.04 Å². The van der Waals surface area contributed by atoms with Crippen LogP contribution in [0.25, 0.3) is 0 Å². The third-order valence-corrected chi connectivity index (χ3v) is 8.73. The number of fused-ring (bicyclic) bond motifs is 1. The summed E-state index contributed by atoms with van der Waals surface area (Å²) in [5.74, 6) is -0.200. The van der Waals surface area contributed by atoms with E-state index in [-0.39, 0.29) is 23.9 Å². The summed E-state index contributed by atoms with van der Waals surface area (Å²) in [6.45, 7) is 4.18. The van der Waals surface area contributed by atoms with Gasteiger partial charge in [0.1, 0.15) is 6.04 Å². The van der Waals surface area contributed by atoms with E-state index in [2.05, 4.69) is 58.8 Å². The Bertz CT molecular complexity index is 1360. The molecule has 3 aromatic carbocycles. The van der Waals surface area contributed by atoms with Crippen molar-refractivity contribution in [2.24, 2.45) is 0 Å². The molecule has 0 radical (unpaired) electrons. The van der Waals surface area contributed by atoms with Gasteiger partial charge in [-0.05, 0) is 67.0 Å². The minimum Gasteiger partial charge on any atom is -0.343 e. The Hall–Kier alpha value is -2.94. The molecule has 2 heterocycles. The lowest BCUT2D eigenvalue weighted by Gasteiger charge is -2.41. The van der Waals surface area contributed by atoms with Crippen LogP contribution in [0.15, 0.2) is 72.8 Å². The maximum Gasteiger partial charge on any atom is 0.245 e. The van der Waals surface area contributed by atoms with E-state index in [9.17, 15) is 9.59 Å². The second-order valence-electron chi connectivity index (χ2n) is 11.5. The maximum atomic E-state index is 14.0. The van der Waals surface area contributed by atoms with Crippen LogP contribution in [-0.2, 0) is 29.0 Å². The van der Waals surface area contributed by atoms with Crippen molar-refractivity contribution in [2.45, 2.75) is 37.5 Å². The minimum absolute atomic E-state index is 0.0511. The quantitative estimate of drug-likeness (QED) is 0.382. The molecular weight excluding hydrogens is 569 g/mol. The first-order valence-electron chi connectivity index (χ1n) is 14.5. The normalized spacial score (nSPS) is 18.8. The predicted molar refractivity (Wildman–Crippen MR) is 169 cm³/mol. The molecule has 2 unspecified atom stereocenters. The summed E-state index contributed by atoms with van der Waals surface area (Å²) in [5, 5.41) is 7.82. The zero-order chi connectivity index (χ0) is 29.6. The molecule has 2 N–H and O–H groups in total. The van der Waals surface area contributed by atoms with Crippen LogP contribution >= 0.6 is 23.2 Å². The number of carbonyl (C=O) groups excluding carboxylic acids is 2. The first kappa shape index (κ1) is 30.5. The van der Waals surface area contributed by atoms with E-state index in [1.807, 2.05) is 53.4 Å². The number of rotatable bonds is 9. The van der Waals surface area contributed by atoms with Gasteiger partial charge in [-0.2, -0.15) is 0 Å². The number of carbonyl (C=O) groups is 2. The molecule has 1 saturated heterocycles. The van der Waals surface area contributed by atoms with Gasteiger partial charge in [0.2, 0.25) is 11.8 Å². The summed E-state index contributed by atoms with van der Waals surface area (Å²) >= 11 is 12.3. The van der Waals surface area contributed by atoms with Gasteiger partial charge in [0.15, 0.2) is 0 Å². The number of nitrogens with one attached hydrogen (secondary N) is 2. The van der Waals surface area contributed by atoms with Gasteiger partial charge in [0, 0.05) is 61.8 Å². The van der Waals surface area contributed by atoms with Crippen LogP contribution in [0.1, 0.15) is 28.3 Å². The van der Waals surface area contributed by atoms with Crippen LogP contribution in [0.5, 0.6) is 0 Å². The number of nitrogens with zero attached hydrogens (tertiary/aromatic N) is 3. The van der Waals surface area contributed by atoms with E-state index in [0.29, 0.717) is 37.5 Å². The number of amides is 2. The largest absolute Gasteiger partial charge is 0.343 e. The zero-order valence-corrected chi connectivity index (χ0v) is 25.7. The smallest absolute Gasteiger partial charge is 0.245 e. The minimum atomic E-state index is -0.668. The zero-order valence-electron chi connectivity index (χ0n) is 24.2. The maximum absolute atomic E-state index is 14.0. The molecule has 9 heteroatoms. The first-order chi connectivity index (χ1) is 20.3. The molecule has 0 aliphatic carbocycles. The molecule has 0 spiro atoms. The molecule has 0 bridgehead atoms. The van der Waals surface area contributed by atoms with Gasteiger partial charge >= 0.3 is 0 Å². The van der Waals surface area contributed by atoms with Crippen molar-refractivity contribution in [1.82, 2.24) is 25.3 Å². The van der Waals surface area contributed by atoms with Crippen LogP contribution < -0.4 is 10.6 Å². The summed E-state index contributed by atoms with van der Waals surface area (Å²) in [6, 6.07) is 22.8. The van der Waals surface area contributed by atoms with Crippen LogP contribution in [0.4, 0.5) is 0 Å². The number of hydrogen-bond donors (Lipinski definition) is 2. The molecule has 2 amide bonds.